The fourth-order valence-corrected chi connectivity index (χ4v) is 1.15. The average Bonchev–Trinajstić information content (AvgIpc) is 2.16. The third-order valence-corrected chi connectivity index (χ3v) is 1.90. The number of aliphatic hydroxyl groups excluding tert-OH is 1. The lowest BCUT2D eigenvalue weighted by Crippen LogP contribution is -2.14. The summed E-state index contributed by atoms with van der Waals surface area (Å²) in [5.74, 6) is -0.406. The van der Waals surface area contributed by atoms with Crippen molar-refractivity contribution in [2.45, 2.75) is 6.04 Å². The van der Waals surface area contributed by atoms with Gasteiger partial charge in [0.2, 0.25) is 5.75 Å². The van der Waals surface area contributed by atoms with Gasteiger partial charge in [-0.25, -0.2) is 0 Å². The molecule has 0 heterocycles. The van der Waals surface area contributed by atoms with E-state index in [2.05, 4.69) is 0 Å². The minimum Gasteiger partial charge on any atom is -0.504 e. The van der Waals surface area contributed by atoms with Crippen molar-refractivity contribution in [2.75, 3.05) is 13.7 Å². The highest BCUT2D eigenvalue weighted by molar-refractivity contribution is 5.52. The number of phenols is 2. The summed E-state index contributed by atoms with van der Waals surface area (Å²) in [5.41, 5.74) is 5.96. The van der Waals surface area contributed by atoms with Crippen molar-refractivity contribution < 1.29 is 20.1 Å². The van der Waals surface area contributed by atoms with Crippen molar-refractivity contribution in [1.82, 2.24) is 0 Å². The zero-order valence-electron chi connectivity index (χ0n) is 7.77. The van der Waals surface area contributed by atoms with E-state index in [1.54, 1.807) is 0 Å². The number of aromatic hydroxyl groups is 2. The fourth-order valence-electron chi connectivity index (χ4n) is 1.15. The molecule has 1 atom stereocenters. The van der Waals surface area contributed by atoms with Crippen molar-refractivity contribution in [1.29, 1.82) is 0 Å². The average molecular weight is 199 g/mol. The molecule has 0 unspecified atom stereocenters. The van der Waals surface area contributed by atoms with Crippen LogP contribution >= 0.6 is 0 Å². The molecule has 1 rings (SSSR count). The molecule has 1 aromatic rings. The van der Waals surface area contributed by atoms with Crippen LogP contribution in [0.1, 0.15) is 11.6 Å². The molecule has 0 aliphatic rings. The summed E-state index contributed by atoms with van der Waals surface area (Å²) < 4.78 is 4.74. The third-order valence-electron chi connectivity index (χ3n) is 1.90. The summed E-state index contributed by atoms with van der Waals surface area (Å²) in [7, 11) is 1.33. The highest BCUT2D eigenvalue weighted by Gasteiger charge is 2.13. The van der Waals surface area contributed by atoms with Crippen LogP contribution in [-0.4, -0.2) is 29.0 Å². The maximum atomic E-state index is 9.39. The first kappa shape index (κ1) is 10.6. The third kappa shape index (κ3) is 1.89. The van der Waals surface area contributed by atoms with Gasteiger partial charge < -0.3 is 25.8 Å². The molecule has 0 spiro atoms. The van der Waals surface area contributed by atoms with Crippen LogP contribution in [0.4, 0.5) is 0 Å². The maximum Gasteiger partial charge on any atom is 0.202 e. The molecular formula is C9H13NO4. The van der Waals surface area contributed by atoms with Gasteiger partial charge in [-0.3, -0.25) is 0 Å². The van der Waals surface area contributed by atoms with Gasteiger partial charge in [0, 0.05) is 0 Å². The van der Waals surface area contributed by atoms with Gasteiger partial charge in [-0.1, -0.05) is 0 Å². The maximum absolute atomic E-state index is 9.39. The van der Waals surface area contributed by atoms with Gasteiger partial charge in [0.15, 0.2) is 11.5 Å². The van der Waals surface area contributed by atoms with Crippen LogP contribution in [0.5, 0.6) is 17.2 Å². The molecule has 0 aliphatic carbocycles. The monoisotopic (exact) mass is 199 g/mol. The van der Waals surface area contributed by atoms with E-state index < -0.39 is 6.04 Å². The Hall–Kier alpha value is -1.46. The van der Waals surface area contributed by atoms with E-state index in [-0.39, 0.29) is 23.9 Å². The van der Waals surface area contributed by atoms with E-state index in [9.17, 15) is 10.2 Å². The molecule has 0 aromatic heterocycles. The van der Waals surface area contributed by atoms with Crippen molar-refractivity contribution in [3.8, 4) is 17.2 Å². The van der Waals surface area contributed by atoms with Crippen LogP contribution in [0.2, 0.25) is 0 Å². The van der Waals surface area contributed by atoms with Gasteiger partial charge in [-0.05, 0) is 17.7 Å². The number of rotatable bonds is 3. The largest absolute Gasteiger partial charge is 0.504 e. The first-order chi connectivity index (χ1) is 6.60. The Morgan fingerprint density at radius 1 is 1.36 bits per heavy atom. The van der Waals surface area contributed by atoms with Gasteiger partial charge in [-0.15, -0.1) is 0 Å². The second-order valence-corrected chi connectivity index (χ2v) is 2.88. The predicted octanol–water partition coefficient (Wildman–Crippen LogP) is 0.0985. The summed E-state index contributed by atoms with van der Waals surface area (Å²) in [4.78, 5) is 0. The van der Waals surface area contributed by atoms with Crippen LogP contribution in [-0.2, 0) is 0 Å². The lowest BCUT2D eigenvalue weighted by Gasteiger charge is -2.12. The van der Waals surface area contributed by atoms with E-state index in [4.69, 9.17) is 15.6 Å². The molecule has 5 nitrogen and oxygen atoms in total. The van der Waals surface area contributed by atoms with Gasteiger partial charge in [0.25, 0.3) is 0 Å². The molecule has 1 aromatic carbocycles. The number of benzene rings is 1. The van der Waals surface area contributed by atoms with E-state index in [0.29, 0.717) is 5.56 Å². The molecule has 0 radical (unpaired) electrons. The van der Waals surface area contributed by atoms with Gasteiger partial charge >= 0.3 is 0 Å². The Balaban J connectivity index is 3.13. The number of aliphatic hydroxyl groups is 1. The molecule has 5 N–H and O–H groups in total. The van der Waals surface area contributed by atoms with E-state index in [1.807, 2.05) is 0 Å². The summed E-state index contributed by atoms with van der Waals surface area (Å²) in [5, 5.41) is 27.6. The smallest absolute Gasteiger partial charge is 0.202 e. The lowest BCUT2D eigenvalue weighted by molar-refractivity contribution is 0.267. The topological polar surface area (TPSA) is 95.9 Å². The summed E-state index contributed by atoms with van der Waals surface area (Å²) in [6.07, 6.45) is 0. The molecule has 0 aliphatic heterocycles. The Labute approximate surface area is 81.4 Å². The molecule has 0 fully saturated rings. The van der Waals surface area contributed by atoms with E-state index in [0.717, 1.165) is 0 Å². The minimum atomic E-state index is -0.627. The number of hydrogen-bond donors (Lipinski definition) is 4. The summed E-state index contributed by atoms with van der Waals surface area (Å²) >= 11 is 0. The number of ether oxygens (including phenoxy) is 1. The Kier molecular flexibility index (Phi) is 3.16. The van der Waals surface area contributed by atoms with Crippen LogP contribution in [0.25, 0.3) is 0 Å². The van der Waals surface area contributed by atoms with Crippen LogP contribution in [0.3, 0.4) is 0 Å². The number of hydrogen-bond acceptors (Lipinski definition) is 5. The molecule has 78 valence electrons. The van der Waals surface area contributed by atoms with Crippen molar-refractivity contribution >= 4 is 0 Å². The normalized spacial score (nSPS) is 12.5. The molecule has 5 heteroatoms. The van der Waals surface area contributed by atoms with E-state index in [1.165, 1.54) is 19.2 Å². The van der Waals surface area contributed by atoms with Gasteiger partial charge in [0.1, 0.15) is 0 Å². The standard InChI is InChI=1S/C9H13NO4/c1-14-9-7(12)2-5(3-8(9)13)6(10)4-11/h2-3,6,11-13H,4,10H2,1H3/t6-/m0/s1. The number of nitrogens with two attached hydrogens (primary N) is 1. The first-order valence-electron chi connectivity index (χ1n) is 4.06. The number of methoxy groups -OCH3 is 1. The quantitative estimate of drug-likeness (QED) is 0.553. The van der Waals surface area contributed by atoms with Crippen molar-refractivity contribution in [2.24, 2.45) is 5.73 Å². The summed E-state index contributed by atoms with van der Waals surface area (Å²) in [6, 6.07) is 2.07. The second kappa shape index (κ2) is 4.17. The molecule has 0 amide bonds. The fraction of sp³-hybridized carbons (Fsp3) is 0.333. The lowest BCUT2D eigenvalue weighted by atomic mass is 10.1. The molecule has 0 saturated carbocycles. The highest BCUT2D eigenvalue weighted by Crippen LogP contribution is 2.37. The predicted molar refractivity (Wildman–Crippen MR) is 50.3 cm³/mol. The molecule has 0 saturated heterocycles. The molecule has 14 heavy (non-hydrogen) atoms. The van der Waals surface area contributed by atoms with E-state index >= 15 is 0 Å². The first-order valence-corrected chi connectivity index (χ1v) is 4.06. The van der Waals surface area contributed by atoms with Gasteiger partial charge in [0.05, 0.1) is 19.8 Å². The van der Waals surface area contributed by atoms with Crippen molar-refractivity contribution in [3.63, 3.8) is 0 Å². The van der Waals surface area contributed by atoms with Crippen LogP contribution in [0.15, 0.2) is 12.1 Å². The van der Waals surface area contributed by atoms with Crippen LogP contribution < -0.4 is 10.5 Å². The minimum absolute atomic E-state index is 0.00103. The molecular weight excluding hydrogens is 186 g/mol. The Bertz CT molecular complexity index is 304. The van der Waals surface area contributed by atoms with Gasteiger partial charge in [-0.2, -0.15) is 0 Å². The Morgan fingerprint density at radius 3 is 2.21 bits per heavy atom. The Morgan fingerprint density at radius 2 is 1.86 bits per heavy atom. The zero-order chi connectivity index (χ0) is 10.7. The number of phenolic OH excluding ortho intramolecular Hbond substituents is 2. The van der Waals surface area contributed by atoms with Crippen LogP contribution in [0, 0.1) is 0 Å². The second-order valence-electron chi connectivity index (χ2n) is 2.88. The van der Waals surface area contributed by atoms with Crippen molar-refractivity contribution in [3.05, 3.63) is 17.7 Å². The highest BCUT2D eigenvalue weighted by atomic mass is 16.5. The molecule has 0 bridgehead atoms. The summed E-state index contributed by atoms with van der Waals surface area (Å²) in [6.45, 7) is -0.259. The SMILES string of the molecule is COc1c(O)cc([C@@H](N)CO)cc1O. The zero-order valence-corrected chi connectivity index (χ0v) is 7.77.